The van der Waals surface area contributed by atoms with E-state index in [4.69, 9.17) is 0 Å². The number of aromatic nitrogens is 1. The first kappa shape index (κ1) is 20.5. The van der Waals surface area contributed by atoms with Crippen LogP contribution in [0.15, 0.2) is 28.6 Å². The SMILES string of the molecule is CN=C(NCc1nc(C(F)(F)F)cs1)NCc1ccc(F)cc1CSC. The molecule has 26 heavy (non-hydrogen) atoms. The Kier molecular flexibility index (Phi) is 7.27. The molecule has 0 aliphatic carbocycles. The number of benzene rings is 1. The van der Waals surface area contributed by atoms with Crippen molar-refractivity contribution in [1.82, 2.24) is 15.6 Å². The van der Waals surface area contributed by atoms with Crippen LogP contribution in [0.1, 0.15) is 21.8 Å². The summed E-state index contributed by atoms with van der Waals surface area (Å²) in [7, 11) is 1.56. The molecule has 1 heterocycles. The van der Waals surface area contributed by atoms with Crippen molar-refractivity contribution in [2.75, 3.05) is 13.3 Å². The third kappa shape index (κ3) is 5.87. The highest BCUT2D eigenvalue weighted by Crippen LogP contribution is 2.29. The number of rotatable bonds is 6. The lowest BCUT2D eigenvalue weighted by Gasteiger charge is -2.13. The van der Waals surface area contributed by atoms with Crippen molar-refractivity contribution in [2.24, 2.45) is 4.99 Å². The molecule has 2 aromatic rings. The van der Waals surface area contributed by atoms with Crippen molar-refractivity contribution in [3.05, 3.63) is 51.2 Å². The van der Waals surface area contributed by atoms with Crippen LogP contribution < -0.4 is 10.6 Å². The van der Waals surface area contributed by atoms with Gasteiger partial charge >= 0.3 is 6.18 Å². The summed E-state index contributed by atoms with van der Waals surface area (Å²) in [5.74, 6) is 0.817. The summed E-state index contributed by atoms with van der Waals surface area (Å²) in [4.78, 5) is 7.59. The van der Waals surface area contributed by atoms with Crippen LogP contribution in [0.2, 0.25) is 0 Å². The standard InChI is InChI=1S/C16H18F4N4S2/c1-21-15(23-7-14-24-13(9-26-14)16(18,19)20)22-6-10-3-4-12(17)5-11(10)8-25-2/h3-5,9H,6-8H2,1-2H3,(H2,21,22,23). The van der Waals surface area contributed by atoms with Crippen LogP contribution in [0, 0.1) is 5.82 Å². The first-order valence-corrected chi connectivity index (χ1v) is 9.83. The molecule has 0 atom stereocenters. The number of thioether (sulfide) groups is 1. The number of thiazole rings is 1. The summed E-state index contributed by atoms with van der Waals surface area (Å²) < 4.78 is 51.1. The quantitative estimate of drug-likeness (QED) is 0.432. The van der Waals surface area contributed by atoms with Crippen molar-refractivity contribution >= 4 is 29.1 Å². The van der Waals surface area contributed by atoms with Gasteiger partial charge in [0.25, 0.3) is 0 Å². The fraction of sp³-hybridized carbons (Fsp3) is 0.375. The molecule has 0 unspecified atom stereocenters. The maximum absolute atomic E-state index is 13.4. The highest BCUT2D eigenvalue weighted by molar-refractivity contribution is 7.97. The van der Waals surface area contributed by atoms with Gasteiger partial charge in [-0.3, -0.25) is 4.99 Å². The Bertz CT molecular complexity index is 759. The third-order valence-electron chi connectivity index (χ3n) is 3.39. The van der Waals surface area contributed by atoms with Crippen LogP contribution in [0.25, 0.3) is 0 Å². The maximum atomic E-state index is 13.4. The van der Waals surface area contributed by atoms with Crippen molar-refractivity contribution in [3.63, 3.8) is 0 Å². The minimum atomic E-state index is -4.44. The average molecular weight is 406 g/mol. The zero-order valence-corrected chi connectivity index (χ0v) is 15.8. The van der Waals surface area contributed by atoms with Crippen LogP contribution in [-0.4, -0.2) is 24.2 Å². The molecule has 0 fully saturated rings. The molecule has 0 saturated carbocycles. The highest BCUT2D eigenvalue weighted by Gasteiger charge is 2.33. The molecule has 4 nitrogen and oxygen atoms in total. The molecular weight excluding hydrogens is 388 g/mol. The molecule has 1 aromatic heterocycles. The van der Waals surface area contributed by atoms with E-state index < -0.39 is 11.9 Å². The second kappa shape index (κ2) is 9.22. The van der Waals surface area contributed by atoms with Gasteiger partial charge in [0.15, 0.2) is 11.7 Å². The van der Waals surface area contributed by atoms with Gasteiger partial charge in [0, 0.05) is 24.7 Å². The fourth-order valence-corrected chi connectivity index (χ4v) is 3.46. The average Bonchev–Trinajstić information content (AvgIpc) is 3.06. The fourth-order valence-electron chi connectivity index (χ4n) is 2.14. The number of hydrogen-bond acceptors (Lipinski definition) is 4. The number of halogens is 4. The van der Waals surface area contributed by atoms with E-state index in [2.05, 4.69) is 20.6 Å². The molecule has 2 N–H and O–H groups in total. The molecule has 0 aliphatic heterocycles. The summed E-state index contributed by atoms with van der Waals surface area (Å²) in [5, 5.41) is 7.29. The van der Waals surface area contributed by atoms with Crippen LogP contribution in [0.3, 0.4) is 0 Å². The Morgan fingerprint density at radius 3 is 2.58 bits per heavy atom. The second-order valence-electron chi connectivity index (χ2n) is 5.25. The highest BCUT2D eigenvalue weighted by atomic mass is 32.2. The zero-order chi connectivity index (χ0) is 19.2. The summed E-state index contributed by atoms with van der Waals surface area (Å²) >= 11 is 2.52. The molecule has 0 radical (unpaired) electrons. The number of alkyl halides is 3. The van der Waals surface area contributed by atoms with Gasteiger partial charge in [-0.25, -0.2) is 9.37 Å². The number of nitrogens with one attached hydrogen (secondary N) is 2. The number of nitrogens with zero attached hydrogens (tertiary/aromatic N) is 2. The monoisotopic (exact) mass is 406 g/mol. The van der Waals surface area contributed by atoms with Gasteiger partial charge in [0.05, 0.1) is 6.54 Å². The van der Waals surface area contributed by atoms with E-state index in [1.807, 2.05) is 6.26 Å². The lowest BCUT2D eigenvalue weighted by Crippen LogP contribution is -2.36. The van der Waals surface area contributed by atoms with Gasteiger partial charge in [-0.1, -0.05) is 6.07 Å². The van der Waals surface area contributed by atoms with Gasteiger partial charge in [0.1, 0.15) is 10.8 Å². The molecule has 0 saturated heterocycles. The van der Waals surface area contributed by atoms with Crippen molar-refractivity contribution in [2.45, 2.75) is 25.0 Å². The lowest BCUT2D eigenvalue weighted by atomic mass is 10.1. The van der Waals surface area contributed by atoms with Gasteiger partial charge in [-0.2, -0.15) is 24.9 Å². The molecule has 0 spiro atoms. The van der Waals surface area contributed by atoms with Crippen LogP contribution in [0.4, 0.5) is 17.6 Å². The van der Waals surface area contributed by atoms with E-state index in [0.29, 0.717) is 23.3 Å². The Morgan fingerprint density at radius 1 is 1.23 bits per heavy atom. The molecule has 0 bridgehead atoms. The number of guanidine groups is 1. The molecule has 142 valence electrons. The third-order valence-corrected chi connectivity index (χ3v) is 4.84. The first-order valence-electron chi connectivity index (χ1n) is 7.56. The summed E-state index contributed by atoms with van der Waals surface area (Å²) in [6.07, 6.45) is -2.50. The van der Waals surface area contributed by atoms with Gasteiger partial charge in [0.2, 0.25) is 0 Å². The minimum Gasteiger partial charge on any atom is -0.352 e. The van der Waals surface area contributed by atoms with E-state index in [9.17, 15) is 17.6 Å². The lowest BCUT2D eigenvalue weighted by molar-refractivity contribution is -0.140. The second-order valence-corrected chi connectivity index (χ2v) is 7.06. The van der Waals surface area contributed by atoms with Crippen molar-refractivity contribution in [3.8, 4) is 0 Å². The molecule has 2 rings (SSSR count). The number of aliphatic imine (C=N–C) groups is 1. The predicted molar refractivity (Wildman–Crippen MR) is 97.8 cm³/mol. The molecule has 10 heteroatoms. The largest absolute Gasteiger partial charge is 0.434 e. The van der Waals surface area contributed by atoms with Crippen LogP contribution in [0.5, 0.6) is 0 Å². The minimum absolute atomic E-state index is 0.126. The van der Waals surface area contributed by atoms with E-state index in [0.717, 1.165) is 27.8 Å². The van der Waals surface area contributed by atoms with Crippen LogP contribution in [-0.2, 0) is 25.0 Å². The van der Waals surface area contributed by atoms with Crippen molar-refractivity contribution < 1.29 is 17.6 Å². The van der Waals surface area contributed by atoms with Gasteiger partial charge in [-0.15, -0.1) is 11.3 Å². The van der Waals surface area contributed by atoms with E-state index >= 15 is 0 Å². The van der Waals surface area contributed by atoms with Gasteiger partial charge < -0.3 is 10.6 Å². The predicted octanol–water partition coefficient (Wildman–Crippen LogP) is 4.03. The first-order chi connectivity index (χ1) is 12.3. The molecule has 0 aliphatic rings. The summed E-state index contributed by atoms with van der Waals surface area (Å²) in [6, 6.07) is 4.60. The maximum Gasteiger partial charge on any atom is 0.434 e. The Balaban J connectivity index is 1.93. The van der Waals surface area contributed by atoms with Gasteiger partial charge in [-0.05, 0) is 29.5 Å². The Hall–Kier alpha value is -1.81. The van der Waals surface area contributed by atoms with E-state index in [1.165, 1.54) is 12.1 Å². The van der Waals surface area contributed by atoms with Crippen LogP contribution >= 0.6 is 23.1 Å². The summed E-state index contributed by atoms with van der Waals surface area (Å²) in [6.45, 7) is 0.545. The van der Waals surface area contributed by atoms with E-state index in [1.54, 1.807) is 24.9 Å². The van der Waals surface area contributed by atoms with E-state index in [-0.39, 0.29) is 12.4 Å². The molecule has 1 aromatic carbocycles. The topological polar surface area (TPSA) is 49.3 Å². The normalized spacial score (nSPS) is 12.3. The Labute approximate surface area is 157 Å². The molecular formula is C16H18F4N4S2. The smallest absolute Gasteiger partial charge is 0.352 e. The molecule has 0 amide bonds. The number of hydrogen-bond donors (Lipinski definition) is 2. The summed E-state index contributed by atoms with van der Waals surface area (Å²) in [5.41, 5.74) is 0.919. The van der Waals surface area contributed by atoms with Crippen molar-refractivity contribution in [1.29, 1.82) is 0 Å². The zero-order valence-electron chi connectivity index (χ0n) is 14.2. The Morgan fingerprint density at radius 2 is 1.96 bits per heavy atom.